The van der Waals surface area contributed by atoms with E-state index in [0.29, 0.717) is 12.3 Å². The minimum Gasteiger partial charge on any atom is -0.346 e. The molecule has 0 aliphatic rings. The first-order valence-electron chi connectivity index (χ1n) is 5.17. The third-order valence-corrected chi connectivity index (χ3v) is 2.39. The largest absolute Gasteiger partial charge is 0.346 e. The van der Waals surface area contributed by atoms with Crippen molar-refractivity contribution < 1.29 is 4.79 Å². The summed E-state index contributed by atoms with van der Waals surface area (Å²) in [4.78, 5) is 13.3. The molecule has 0 atom stereocenters. The van der Waals surface area contributed by atoms with Crippen molar-refractivity contribution in [3.63, 3.8) is 0 Å². The summed E-state index contributed by atoms with van der Waals surface area (Å²) in [7, 11) is 3.78. The highest BCUT2D eigenvalue weighted by Crippen LogP contribution is 2.01. The average Bonchev–Trinajstić information content (AvgIpc) is 2.18. The van der Waals surface area contributed by atoms with Crippen molar-refractivity contribution in [2.45, 2.75) is 25.7 Å². The first kappa shape index (κ1) is 13.7. The van der Waals surface area contributed by atoms with Crippen LogP contribution in [0, 0.1) is 0 Å². The zero-order chi connectivity index (χ0) is 10.8. The van der Waals surface area contributed by atoms with Gasteiger partial charge in [-0.1, -0.05) is 0 Å². The van der Waals surface area contributed by atoms with Crippen LogP contribution in [-0.4, -0.2) is 43.9 Å². The van der Waals surface area contributed by atoms with Crippen LogP contribution in [0.25, 0.3) is 0 Å². The highest BCUT2D eigenvalue weighted by Gasteiger charge is 2.06. The molecule has 0 fully saturated rings. The zero-order valence-corrected chi connectivity index (χ0v) is 9.94. The Morgan fingerprint density at radius 3 is 2.64 bits per heavy atom. The van der Waals surface area contributed by atoms with Gasteiger partial charge < -0.3 is 10.2 Å². The lowest BCUT2D eigenvalue weighted by atomic mass is 10.2. The van der Waals surface area contributed by atoms with Gasteiger partial charge in [-0.3, -0.25) is 4.79 Å². The SMILES string of the molecule is CNCCCN(C)C(=O)CCCCCl. The molecular formula is C10H21ClN2O. The van der Waals surface area contributed by atoms with Gasteiger partial charge in [0.2, 0.25) is 5.91 Å². The summed E-state index contributed by atoms with van der Waals surface area (Å²) >= 11 is 5.53. The molecule has 0 aromatic rings. The quantitative estimate of drug-likeness (QED) is 0.496. The number of alkyl halides is 1. The van der Waals surface area contributed by atoms with Crippen molar-refractivity contribution in [2.24, 2.45) is 0 Å². The number of carbonyl (C=O) groups is 1. The molecule has 4 heteroatoms. The van der Waals surface area contributed by atoms with Crippen molar-refractivity contribution in [1.29, 1.82) is 0 Å². The van der Waals surface area contributed by atoms with E-state index in [2.05, 4.69) is 5.32 Å². The lowest BCUT2D eigenvalue weighted by Gasteiger charge is -2.16. The maximum absolute atomic E-state index is 11.5. The fraction of sp³-hybridized carbons (Fsp3) is 0.900. The van der Waals surface area contributed by atoms with Gasteiger partial charge >= 0.3 is 0 Å². The molecule has 0 heterocycles. The van der Waals surface area contributed by atoms with Crippen molar-refractivity contribution in [2.75, 3.05) is 33.1 Å². The first-order chi connectivity index (χ1) is 6.72. The van der Waals surface area contributed by atoms with E-state index in [4.69, 9.17) is 11.6 Å². The number of rotatable bonds is 8. The summed E-state index contributed by atoms with van der Waals surface area (Å²) < 4.78 is 0. The van der Waals surface area contributed by atoms with Gasteiger partial charge in [-0.05, 0) is 32.9 Å². The lowest BCUT2D eigenvalue weighted by molar-refractivity contribution is -0.130. The third-order valence-electron chi connectivity index (χ3n) is 2.12. The number of hydrogen-bond acceptors (Lipinski definition) is 2. The summed E-state index contributed by atoms with van der Waals surface area (Å²) in [5.41, 5.74) is 0. The van der Waals surface area contributed by atoms with E-state index >= 15 is 0 Å². The van der Waals surface area contributed by atoms with Crippen LogP contribution in [0.15, 0.2) is 0 Å². The Labute approximate surface area is 91.8 Å². The highest BCUT2D eigenvalue weighted by atomic mass is 35.5. The van der Waals surface area contributed by atoms with Gasteiger partial charge in [0.1, 0.15) is 0 Å². The van der Waals surface area contributed by atoms with E-state index in [1.54, 1.807) is 4.90 Å². The minimum absolute atomic E-state index is 0.228. The molecule has 1 amide bonds. The Morgan fingerprint density at radius 2 is 2.07 bits per heavy atom. The van der Waals surface area contributed by atoms with Gasteiger partial charge in [-0.15, -0.1) is 11.6 Å². The summed E-state index contributed by atoms with van der Waals surface area (Å²) in [6.45, 7) is 1.79. The van der Waals surface area contributed by atoms with Gasteiger partial charge in [0.05, 0.1) is 0 Å². The second-order valence-electron chi connectivity index (χ2n) is 3.42. The van der Waals surface area contributed by atoms with Gasteiger partial charge in [-0.2, -0.15) is 0 Å². The number of amides is 1. The smallest absolute Gasteiger partial charge is 0.222 e. The molecule has 0 aliphatic heterocycles. The number of nitrogens with zero attached hydrogens (tertiary/aromatic N) is 1. The zero-order valence-electron chi connectivity index (χ0n) is 9.18. The van der Waals surface area contributed by atoms with Crippen LogP contribution in [0.2, 0.25) is 0 Å². The number of carbonyl (C=O) groups excluding carboxylic acids is 1. The van der Waals surface area contributed by atoms with Gasteiger partial charge in [0.15, 0.2) is 0 Å². The molecule has 14 heavy (non-hydrogen) atoms. The van der Waals surface area contributed by atoms with E-state index in [1.165, 1.54) is 0 Å². The molecule has 0 radical (unpaired) electrons. The number of halogens is 1. The standard InChI is InChI=1S/C10H21ClN2O/c1-12-8-5-9-13(2)10(14)6-3-4-7-11/h12H,3-9H2,1-2H3. The van der Waals surface area contributed by atoms with Crippen molar-refractivity contribution in [3.05, 3.63) is 0 Å². The molecule has 0 aliphatic carbocycles. The molecule has 0 spiro atoms. The fourth-order valence-corrected chi connectivity index (χ4v) is 1.37. The van der Waals surface area contributed by atoms with Gasteiger partial charge in [-0.25, -0.2) is 0 Å². The molecule has 84 valence electrons. The lowest BCUT2D eigenvalue weighted by Crippen LogP contribution is -2.29. The topological polar surface area (TPSA) is 32.3 Å². The maximum Gasteiger partial charge on any atom is 0.222 e. The Kier molecular flexibility index (Phi) is 9.10. The van der Waals surface area contributed by atoms with Crippen molar-refractivity contribution >= 4 is 17.5 Å². The van der Waals surface area contributed by atoms with Crippen LogP contribution in [0.1, 0.15) is 25.7 Å². The van der Waals surface area contributed by atoms with E-state index in [9.17, 15) is 4.79 Å². The van der Waals surface area contributed by atoms with Crippen LogP contribution >= 0.6 is 11.6 Å². The second kappa shape index (κ2) is 9.28. The Hall–Kier alpha value is -0.280. The van der Waals surface area contributed by atoms with Crippen LogP contribution in [0.3, 0.4) is 0 Å². The molecule has 1 N–H and O–H groups in total. The molecule has 0 saturated heterocycles. The monoisotopic (exact) mass is 220 g/mol. The van der Waals surface area contributed by atoms with Crippen LogP contribution in [0.4, 0.5) is 0 Å². The number of nitrogens with one attached hydrogen (secondary N) is 1. The molecule has 0 bridgehead atoms. The summed E-state index contributed by atoms with van der Waals surface area (Å²) in [6, 6.07) is 0. The Morgan fingerprint density at radius 1 is 1.36 bits per heavy atom. The van der Waals surface area contributed by atoms with Crippen molar-refractivity contribution in [3.8, 4) is 0 Å². The third kappa shape index (κ3) is 7.15. The Balaban J connectivity index is 3.44. The van der Waals surface area contributed by atoms with Gasteiger partial charge in [0, 0.05) is 25.9 Å². The maximum atomic E-state index is 11.5. The molecule has 0 unspecified atom stereocenters. The molecule has 0 rings (SSSR count). The van der Waals surface area contributed by atoms with Gasteiger partial charge in [0.25, 0.3) is 0 Å². The predicted molar refractivity (Wildman–Crippen MR) is 60.8 cm³/mol. The van der Waals surface area contributed by atoms with E-state index < -0.39 is 0 Å². The van der Waals surface area contributed by atoms with E-state index in [0.717, 1.165) is 32.4 Å². The van der Waals surface area contributed by atoms with E-state index in [1.807, 2.05) is 14.1 Å². The average molecular weight is 221 g/mol. The number of unbranched alkanes of at least 4 members (excludes halogenated alkanes) is 1. The normalized spacial score (nSPS) is 10.2. The summed E-state index contributed by atoms with van der Waals surface area (Å²) in [5, 5.41) is 3.06. The molecule has 0 aromatic carbocycles. The van der Waals surface area contributed by atoms with Crippen LogP contribution < -0.4 is 5.32 Å². The molecule has 3 nitrogen and oxygen atoms in total. The highest BCUT2D eigenvalue weighted by molar-refractivity contribution is 6.17. The first-order valence-corrected chi connectivity index (χ1v) is 5.70. The fourth-order valence-electron chi connectivity index (χ4n) is 1.18. The van der Waals surface area contributed by atoms with Crippen LogP contribution in [-0.2, 0) is 4.79 Å². The number of hydrogen-bond donors (Lipinski definition) is 1. The minimum atomic E-state index is 0.228. The van der Waals surface area contributed by atoms with Crippen LogP contribution in [0.5, 0.6) is 0 Å². The summed E-state index contributed by atoms with van der Waals surface area (Å²) in [5.74, 6) is 0.878. The van der Waals surface area contributed by atoms with E-state index in [-0.39, 0.29) is 5.91 Å². The van der Waals surface area contributed by atoms with Crippen molar-refractivity contribution in [1.82, 2.24) is 10.2 Å². The summed E-state index contributed by atoms with van der Waals surface area (Å²) in [6.07, 6.45) is 3.47. The second-order valence-corrected chi connectivity index (χ2v) is 3.80. The molecule has 0 saturated carbocycles. The predicted octanol–water partition coefficient (Wildman–Crippen LogP) is 1.46. The molecular weight excluding hydrogens is 200 g/mol. The molecule has 0 aromatic heterocycles. The Bertz CT molecular complexity index is 153.